The van der Waals surface area contributed by atoms with Crippen LogP contribution >= 0.6 is 0 Å². The lowest BCUT2D eigenvalue weighted by molar-refractivity contribution is -0.0301. The summed E-state index contributed by atoms with van der Waals surface area (Å²) in [6, 6.07) is 0.226. The van der Waals surface area contributed by atoms with Crippen molar-refractivity contribution in [3.05, 3.63) is 33.9 Å². The van der Waals surface area contributed by atoms with E-state index >= 15 is 8.78 Å². The lowest BCUT2D eigenvalue weighted by atomic mass is 9.66. The van der Waals surface area contributed by atoms with Gasteiger partial charge in [-0.15, -0.1) is 0 Å². The number of carbonyl (C=O) groups excluding carboxylic acids is 1. The Morgan fingerprint density at radius 1 is 1.13 bits per heavy atom. The number of alkyl halides is 3. The Morgan fingerprint density at radius 2 is 1.80 bits per heavy atom. The second-order valence-electron chi connectivity index (χ2n) is 14.3. The molecule has 5 fully saturated rings. The summed E-state index contributed by atoms with van der Waals surface area (Å²) in [5, 5.41) is 14.8. The van der Waals surface area contributed by atoms with Crippen LogP contribution in [0.1, 0.15) is 69.3 Å². The topological polar surface area (TPSA) is 148 Å². The Labute approximate surface area is 262 Å². The first-order chi connectivity index (χ1) is 21.4. The fourth-order valence-corrected chi connectivity index (χ4v) is 7.21. The zero-order chi connectivity index (χ0) is 33.6. The van der Waals surface area contributed by atoms with Gasteiger partial charge in [0.05, 0.1) is 41.7 Å². The van der Waals surface area contributed by atoms with Crippen LogP contribution in [-0.4, -0.2) is 89.2 Å². The number of halogens is 4. The van der Waals surface area contributed by atoms with Crippen molar-refractivity contribution in [3.8, 4) is 5.75 Å². The number of nitrogens with one attached hydrogen (secondary N) is 2. The SMILES string of the molecule is CC(C)(C)OC(=O)N[C@@]12CC[C@]1(F)CNC2.COc1c(N2C[C@]3(N)CC[C@]3(F)C2)c(F)cc2c(=O)c(C(=O)O)cn([C@@H]3C[C@@H]3F)c12. The van der Waals surface area contributed by atoms with E-state index in [0.717, 1.165) is 12.3 Å². The van der Waals surface area contributed by atoms with Crippen LogP contribution in [0, 0.1) is 5.82 Å². The van der Waals surface area contributed by atoms with Gasteiger partial charge in [0.25, 0.3) is 0 Å². The molecule has 5 aliphatic rings. The summed E-state index contributed by atoms with van der Waals surface area (Å²) in [7, 11) is 1.27. The number of fused-ring (bicyclic) bond motifs is 3. The standard InChI is InChI=1S/C20H20F3N3O4.C11H19FN2O2/c1-30-17-14-9(16(27)10(18(28)29)6-26(14)13-5-11(13)21)4-12(22)15(17)25-7-19(23)2-3-20(19,24)8-25;1-9(2,3)16-8(15)14-11-5-4-10(11,12)6-13-7-11/h4,6,11,13H,2-3,5,7-8,24H2,1H3,(H,28,29);13H,4-7H2,1-3H3,(H,14,15)/t11-,13+,19-,20+;10-,11+/m00/s1. The Kier molecular flexibility index (Phi) is 7.36. The number of carboxylic acid groups (broad SMARTS) is 1. The van der Waals surface area contributed by atoms with Crippen LogP contribution in [0.15, 0.2) is 17.1 Å². The summed E-state index contributed by atoms with van der Waals surface area (Å²) in [5.74, 6) is -2.41. The molecule has 11 nitrogen and oxygen atoms in total. The van der Waals surface area contributed by atoms with Crippen molar-refractivity contribution in [1.29, 1.82) is 0 Å². The minimum Gasteiger partial charge on any atom is -0.492 e. The third-order valence-corrected chi connectivity index (χ3v) is 10.1. The smallest absolute Gasteiger partial charge is 0.408 e. The maximum Gasteiger partial charge on any atom is 0.408 e. The number of anilines is 1. The molecule has 2 aliphatic heterocycles. The number of rotatable bonds is 5. The lowest BCUT2D eigenvalue weighted by Crippen LogP contribution is -2.69. The van der Waals surface area contributed by atoms with Gasteiger partial charge >= 0.3 is 12.1 Å². The van der Waals surface area contributed by atoms with Crippen LogP contribution in [0.5, 0.6) is 5.75 Å². The Bertz CT molecular complexity index is 1670. The summed E-state index contributed by atoms with van der Waals surface area (Å²) in [4.78, 5) is 37.3. The number of benzene rings is 1. The van der Waals surface area contributed by atoms with Gasteiger partial charge in [-0.25, -0.2) is 27.2 Å². The van der Waals surface area contributed by atoms with Crippen molar-refractivity contribution in [3.63, 3.8) is 0 Å². The average Bonchev–Trinajstić information content (AvgIpc) is 3.60. The second kappa shape index (κ2) is 10.5. The number of hydrogen-bond acceptors (Lipinski definition) is 8. The van der Waals surface area contributed by atoms with Gasteiger partial charge in [-0.3, -0.25) is 4.79 Å². The van der Waals surface area contributed by atoms with Crippen LogP contribution in [-0.2, 0) is 4.74 Å². The highest BCUT2D eigenvalue weighted by atomic mass is 19.2. The maximum atomic E-state index is 15.2. The molecule has 3 heterocycles. The van der Waals surface area contributed by atoms with E-state index in [1.54, 1.807) is 20.8 Å². The molecule has 2 saturated heterocycles. The largest absolute Gasteiger partial charge is 0.492 e. The van der Waals surface area contributed by atoms with Gasteiger partial charge in [0.1, 0.15) is 34.4 Å². The van der Waals surface area contributed by atoms with Crippen LogP contribution < -0.4 is 31.4 Å². The molecule has 6 atom stereocenters. The predicted octanol–water partition coefficient (Wildman–Crippen LogP) is 3.51. The van der Waals surface area contributed by atoms with E-state index in [0.29, 0.717) is 32.4 Å². The van der Waals surface area contributed by atoms with Crippen molar-refractivity contribution in [1.82, 2.24) is 15.2 Å². The third kappa shape index (κ3) is 4.97. The second-order valence-corrected chi connectivity index (χ2v) is 14.3. The number of aromatic carboxylic acids is 1. The number of nitrogens with two attached hydrogens (primary N) is 1. The molecule has 46 heavy (non-hydrogen) atoms. The molecule has 15 heteroatoms. The van der Waals surface area contributed by atoms with E-state index < -0.39 is 69.1 Å². The minimum atomic E-state index is -1.65. The normalized spacial score (nSPS) is 34.0. The van der Waals surface area contributed by atoms with E-state index in [1.165, 1.54) is 16.6 Å². The quantitative estimate of drug-likeness (QED) is 0.356. The first-order valence-electron chi connectivity index (χ1n) is 15.3. The minimum absolute atomic E-state index is 0.0615. The number of amides is 1. The molecule has 252 valence electrons. The zero-order valence-corrected chi connectivity index (χ0v) is 26.1. The first-order valence-corrected chi connectivity index (χ1v) is 15.3. The van der Waals surface area contributed by atoms with Crippen LogP contribution in [0.2, 0.25) is 0 Å². The van der Waals surface area contributed by atoms with Crippen molar-refractivity contribution < 1.29 is 41.7 Å². The number of carbonyl (C=O) groups is 2. The van der Waals surface area contributed by atoms with E-state index in [4.69, 9.17) is 15.2 Å². The monoisotopic (exact) mass is 653 g/mol. The Balaban J connectivity index is 0.000000196. The van der Waals surface area contributed by atoms with Crippen LogP contribution in [0.3, 0.4) is 0 Å². The zero-order valence-electron chi connectivity index (χ0n) is 26.1. The highest BCUT2D eigenvalue weighted by molar-refractivity contribution is 5.97. The number of alkyl carbamates (subject to hydrolysis) is 1. The summed E-state index contributed by atoms with van der Waals surface area (Å²) >= 11 is 0. The molecule has 7 rings (SSSR count). The summed E-state index contributed by atoms with van der Waals surface area (Å²) < 4.78 is 70.3. The Morgan fingerprint density at radius 3 is 2.26 bits per heavy atom. The van der Waals surface area contributed by atoms with Gasteiger partial charge in [-0.2, -0.15) is 0 Å². The first kappa shape index (κ1) is 32.4. The Hall–Kier alpha value is -3.59. The van der Waals surface area contributed by atoms with Gasteiger partial charge in [-0.05, 0) is 52.5 Å². The molecule has 0 bridgehead atoms. The molecule has 3 saturated carbocycles. The molecule has 2 aromatic rings. The highest BCUT2D eigenvalue weighted by Gasteiger charge is 2.65. The molecule has 5 N–H and O–H groups in total. The van der Waals surface area contributed by atoms with Crippen molar-refractivity contribution in [2.45, 2.75) is 93.1 Å². The highest BCUT2D eigenvalue weighted by Crippen LogP contribution is 2.53. The third-order valence-electron chi connectivity index (χ3n) is 10.1. The summed E-state index contributed by atoms with van der Waals surface area (Å²) in [5.41, 5.74) is -0.605. The number of ether oxygens (including phenoxy) is 2. The van der Waals surface area contributed by atoms with Crippen LogP contribution in [0.25, 0.3) is 10.9 Å². The summed E-state index contributed by atoms with van der Waals surface area (Å²) in [6.45, 7) is 6.12. The number of nitrogens with zero attached hydrogens (tertiary/aromatic N) is 2. The fourth-order valence-electron chi connectivity index (χ4n) is 7.21. The summed E-state index contributed by atoms with van der Waals surface area (Å²) in [6.07, 6.45) is 1.38. The average molecular weight is 654 g/mol. The number of aromatic nitrogens is 1. The van der Waals surface area contributed by atoms with E-state index in [-0.39, 0.29) is 48.3 Å². The van der Waals surface area contributed by atoms with E-state index in [1.807, 2.05) is 0 Å². The number of methoxy groups -OCH3 is 1. The van der Waals surface area contributed by atoms with Gasteiger partial charge < -0.3 is 40.4 Å². The molecule has 1 aromatic heterocycles. The lowest BCUT2D eigenvalue weighted by Gasteiger charge is -2.49. The molecule has 0 spiro atoms. The fraction of sp³-hybridized carbons (Fsp3) is 0.645. The van der Waals surface area contributed by atoms with E-state index in [2.05, 4.69) is 10.6 Å². The van der Waals surface area contributed by atoms with Crippen molar-refractivity contribution >= 4 is 28.7 Å². The van der Waals surface area contributed by atoms with Gasteiger partial charge in [0.2, 0.25) is 5.43 Å². The molecule has 1 aromatic carbocycles. The molecule has 0 unspecified atom stereocenters. The van der Waals surface area contributed by atoms with Crippen LogP contribution in [0.4, 0.5) is 28.0 Å². The predicted molar refractivity (Wildman–Crippen MR) is 160 cm³/mol. The molecule has 0 radical (unpaired) electrons. The number of pyridine rings is 1. The van der Waals surface area contributed by atoms with E-state index in [9.17, 15) is 28.3 Å². The van der Waals surface area contributed by atoms with Crippen molar-refractivity contribution in [2.75, 3.05) is 38.2 Å². The van der Waals surface area contributed by atoms with Crippen molar-refractivity contribution in [2.24, 2.45) is 5.73 Å². The van der Waals surface area contributed by atoms with Gasteiger partial charge in [-0.1, -0.05) is 0 Å². The molecule has 1 amide bonds. The molecule has 3 aliphatic carbocycles. The van der Waals surface area contributed by atoms with Gasteiger partial charge in [0, 0.05) is 32.3 Å². The maximum absolute atomic E-state index is 15.2. The number of carboxylic acids is 1. The molecular weight excluding hydrogens is 614 g/mol. The molecular formula is C31H39F4N5O6. The number of hydrogen-bond donors (Lipinski definition) is 4. The van der Waals surface area contributed by atoms with Gasteiger partial charge in [0.15, 0.2) is 11.6 Å².